The van der Waals surface area contributed by atoms with Crippen molar-refractivity contribution in [1.29, 1.82) is 0 Å². The molecular weight excluding hydrogens is 143 g/mol. The summed E-state index contributed by atoms with van der Waals surface area (Å²) in [6, 6.07) is 0. The van der Waals surface area contributed by atoms with Gasteiger partial charge in [-0.15, -0.1) is 0 Å². The molecule has 5 heteroatoms. The van der Waals surface area contributed by atoms with E-state index in [0.29, 0.717) is 0 Å². The number of ketones is 1. The van der Waals surface area contributed by atoms with Crippen molar-refractivity contribution in [3.8, 4) is 0 Å². The summed E-state index contributed by atoms with van der Waals surface area (Å²) in [6.07, 6.45) is -3.91. The zero-order valence-corrected chi connectivity index (χ0v) is 5.20. The van der Waals surface area contributed by atoms with E-state index < -0.39 is 31.3 Å². The fourth-order valence-electron chi connectivity index (χ4n) is 0.394. The van der Waals surface area contributed by atoms with Crippen molar-refractivity contribution in [3.63, 3.8) is 0 Å². The first-order chi connectivity index (χ1) is 4.63. The average Bonchev–Trinajstić information content (AvgIpc) is 2.00. The summed E-state index contributed by atoms with van der Waals surface area (Å²) in [5.41, 5.74) is 0. The molecule has 0 saturated heterocycles. The Morgan fingerprint density at radius 3 is 2.30 bits per heavy atom. The minimum atomic E-state index is -2.19. The Balaban J connectivity index is 3.81. The maximum absolute atomic E-state index is 12.3. The molecule has 0 radical (unpaired) electrons. The number of aliphatic hydroxyl groups excluding tert-OH is 3. The number of Topliss-reactive ketones (excluding diaryl/α,β-unsaturated/α-hetero) is 1. The third-order valence-corrected chi connectivity index (χ3v) is 0.988. The predicted molar refractivity (Wildman–Crippen MR) is 30.1 cm³/mol. The van der Waals surface area contributed by atoms with Gasteiger partial charge in [0.15, 0.2) is 12.0 Å². The number of carbonyl (C=O) groups excluding carboxylic acids is 1. The Morgan fingerprint density at radius 2 is 2.00 bits per heavy atom. The fourth-order valence-corrected chi connectivity index (χ4v) is 0.394. The Bertz CT molecular complexity index is 116. The molecule has 0 bridgehead atoms. The zero-order valence-electron chi connectivity index (χ0n) is 5.20. The first-order valence-electron chi connectivity index (χ1n) is 2.70. The number of halogens is 1. The Morgan fingerprint density at radius 1 is 1.50 bits per heavy atom. The molecule has 0 aromatic rings. The topological polar surface area (TPSA) is 77.8 Å². The van der Waals surface area contributed by atoms with Gasteiger partial charge in [0.1, 0.15) is 12.7 Å². The lowest BCUT2D eigenvalue weighted by Gasteiger charge is -2.09. The molecule has 4 nitrogen and oxygen atoms in total. The van der Waals surface area contributed by atoms with Gasteiger partial charge >= 0.3 is 0 Å². The van der Waals surface area contributed by atoms with Crippen molar-refractivity contribution < 1.29 is 24.5 Å². The van der Waals surface area contributed by atoms with Gasteiger partial charge < -0.3 is 15.3 Å². The van der Waals surface area contributed by atoms with Gasteiger partial charge in [-0.25, -0.2) is 4.39 Å². The van der Waals surface area contributed by atoms with E-state index in [-0.39, 0.29) is 0 Å². The van der Waals surface area contributed by atoms with Crippen LogP contribution in [0.25, 0.3) is 0 Å². The van der Waals surface area contributed by atoms with E-state index in [9.17, 15) is 9.18 Å². The van der Waals surface area contributed by atoms with E-state index in [1.54, 1.807) is 0 Å². The maximum Gasteiger partial charge on any atom is 0.194 e. The Labute approximate surface area is 56.9 Å². The molecule has 0 amide bonds. The molecule has 0 aliphatic heterocycles. The largest absolute Gasteiger partial charge is 0.394 e. The normalized spacial score (nSPS) is 16.4. The fraction of sp³-hybridized carbons (Fsp3) is 0.800. The van der Waals surface area contributed by atoms with Crippen LogP contribution in [-0.2, 0) is 4.79 Å². The summed E-state index contributed by atoms with van der Waals surface area (Å²) in [7, 11) is 0. The predicted octanol–water partition coefficient (Wildman–Crippen LogP) is -1.76. The lowest BCUT2D eigenvalue weighted by Crippen LogP contribution is -2.34. The first kappa shape index (κ1) is 9.48. The van der Waals surface area contributed by atoms with Gasteiger partial charge in [-0.05, 0) is 0 Å². The van der Waals surface area contributed by atoms with Crippen LogP contribution in [0.5, 0.6) is 0 Å². The van der Waals surface area contributed by atoms with E-state index in [0.717, 1.165) is 0 Å². The molecule has 2 atom stereocenters. The summed E-state index contributed by atoms with van der Waals surface area (Å²) in [6.45, 7) is -1.79. The quantitative estimate of drug-likeness (QED) is 0.446. The van der Waals surface area contributed by atoms with Crippen LogP contribution in [-0.4, -0.2) is 46.6 Å². The summed E-state index contributed by atoms with van der Waals surface area (Å²) in [4.78, 5) is 10.2. The van der Waals surface area contributed by atoms with E-state index in [4.69, 9.17) is 15.3 Å². The van der Waals surface area contributed by atoms with E-state index in [1.165, 1.54) is 0 Å². The molecule has 0 rings (SSSR count). The van der Waals surface area contributed by atoms with E-state index in [2.05, 4.69) is 0 Å². The third kappa shape index (κ3) is 2.38. The third-order valence-electron chi connectivity index (χ3n) is 0.988. The number of alkyl halides is 1. The maximum atomic E-state index is 12.3. The first-order valence-corrected chi connectivity index (χ1v) is 2.70. The monoisotopic (exact) mass is 152 g/mol. The van der Waals surface area contributed by atoms with E-state index in [1.807, 2.05) is 0 Å². The molecule has 3 N–H and O–H groups in total. The van der Waals surface area contributed by atoms with Crippen molar-refractivity contribution in [2.24, 2.45) is 0 Å². The molecular formula is C5H9FO4. The van der Waals surface area contributed by atoms with Gasteiger partial charge in [0.05, 0.1) is 6.61 Å². The van der Waals surface area contributed by atoms with Crippen LogP contribution in [0.4, 0.5) is 4.39 Å². The average molecular weight is 152 g/mol. The van der Waals surface area contributed by atoms with Crippen LogP contribution in [0.15, 0.2) is 0 Å². The lowest BCUT2D eigenvalue weighted by molar-refractivity contribution is -0.131. The number of hydrogen-bond donors (Lipinski definition) is 3. The molecule has 0 aromatic heterocycles. The highest BCUT2D eigenvalue weighted by Crippen LogP contribution is 1.98. The highest BCUT2D eigenvalue weighted by Gasteiger charge is 2.24. The molecule has 60 valence electrons. The molecule has 0 spiro atoms. The van der Waals surface area contributed by atoms with Crippen LogP contribution >= 0.6 is 0 Å². The SMILES string of the molecule is O=C(CO)C(F)C(O)CO. The smallest absolute Gasteiger partial charge is 0.194 e. The number of carbonyl (C=O) groups is 1. The van der Waals surface area contributed by atoms with Crippen LogP contribution < -0.4 is 0 Å². The molecule has 10 heavy (non-hydrogen) atoms. The molecule has 0 saturated carbocycles. The summed E-state index contributed by atoms with van der Waals surface area (Å²) < 4.78 is 12.3. The minimum absolute atomic E-state index is 0.826. The summed E-state index contributed by atoms with van der Waals surface area (Å²) in [5.74, 6) is -1.12. The molecule has 2 unspecified atom stereocenters. The highest BCUT2D eigenvalue weighted by atomic mass is 19.1. The summed E-state index contributed by atoms with van der Waals surface area (Å²) >= 11 is 0. The number of aliphatic hydroxyl groups is 3. The number of hydrogen-bond acceptors (Lipinski definition) is 4. The zero-order chi connectivity index (χ0) is 8.15. The second-order valence-electron chi connectivity index (χ2n) is 1.78. The van der Waals surface area contributed by atoms with Gasteiger partial charge in [0.2, 0.25) is 0 Å². The Kier molecular flexibility index (Phi) is 4.10. The van der Waals surface area contributed by atoms with Gasteiger partial charge in [-0.2, -0.15) is 0 Å². The second kappa shape index (κ2) is 4.32. The highest BCUT2D eigenvalue weighted by molar-refractivity contribution is 5.84. The van der Waals surface area contributed by atoms with Gasteiger partial charge in [-0.1, -0.05) is 0 Å². The van der Waals surface area contributed by atoms with Crippen molar-refractivity contribution in [3.05, 3.63) is 0 Å². The molecule has 0 fully saturated rings. The van der Waals surface area contributed by atoms with Gasteiger partial charge in [0, 0.05) is 0 Å². The second-order valence-corrected chi connectivity index (χ2v) is 1.78. The van der Waals surface area contributed by atoms with Crippen LogP contribution in [0, 0.1) is 0 Å². The van der Waals surface area contributed by atoms with Gasteiger partial charge in [0.25, 0.3) is 0 Å². The molecule has 0 aliphatic carbocycles. The van der Waals surface area contributed by atoms with Crippen molar-refractivity contribution in [2.45, 2.75) is 12.3 Å². The van der Waals surface area contributed by atoms with E-state index >= 15 is 0 Å². The lowest BCUT2D eigenvalue weighted by atomic mass is 10.1. The minimum Gasteiger partial charge on any atom is -0.394 e. The molecule has 0 aromatic carbocycles. The molecule has 0 heterocycles. The van der Waals surface area contributed by atoms with Crippen LogP contribution in [0.2, 0.25) is 0 Å². The van der Waals surface area contributed by atoms with Crippen molar-refractivity contribution >= 4 is 5.78 Å². The molecule has 0 aliphatic rings. The standard InChI is InChI=1S/C5H9FO4/c6-5(3(9)1-7)4(10)2-8/h3,5,7-9H,1-2H2. The van der Waals surface area contributed by atoms with Gasteiger partial charge in [-0.3, -0.25) is 4.79 Å². The number of rotatable bonds is 4. The van der Waals surface area contributed by atoms with Crippen LogP contribution in [0.1, 0.15) is 0 Å². The van der Waals surface area contributed by atoms with Crippen molar-refractivity contribution in [1.82, 2.24) is 0 Å². The van der Waals surface area contributed by atoms with Crippen LogP contribution in [0.3, 0.4) is 0 Å². The Hall–Kier alpha value is -0.520. The van der Waals surface area contributed by atoms with Crippen molar-refractivity contribution in [2.75, 3.05) is 13.2 Å². The summed E-state index contributed by atoms with van der Waals surface area (Å²) in [5, 5.41) is 24.7.